The number of nitrogens with one attached hydrogen (secondary N) is 1. The van der Waals surface area contributed by atoms with Crippen LogP contribution in [0.1, 0.15) is 17.2 Å². The molecule has 1 aliphatic heterocycles. The normalized spacial score (nSPS) is 13.9. The van der Waals surface area contributed by atoms with Crippen LogP contribution in [0.2, 0.25) is 0 Å². The molecule has 0 radical (unpaired) electrons. The number of urea groups is 1. The summed E-state index contributed by atoms with van der Waals surface area (Å²) < 4.78 is 5.84. The lowest BCUT2D eigenvalue weighted by atomic mass is 9.99. The third-order valence-corrected chi connectivity index (χ3v) is 4.62. The lowest BCUT2D eigenvalue weighted by molar-refractivity contribution is 0.0438. The maximum Gasteiger partial charge on any atom is 0.318 e. The van der Waals surface area contributed by atoms with Gasteiger partial charge in [0, 0.05) is 12.4 Å². The molecule has 5 nitrogen and oxygen atoms in total. The number of ether oxygens (including phenoxy) is 1. The van der Waals surface area contributed by atoms with Gasteiger partial charge in [-0.1, -0.05) is 60.7 Å². The first-order valence-corrected chi connectivity index (χ1v) is 9.01. The summed E-state index contributed by atoms with van der Waals surface area (Å²) in [4.78, 5) is 18.5. The molecule has 0 aliphatic carbocycles. The molecule has 0 saturated carbocycles. The predicted octanol–water partition coefficient (Wildman–Crippen LogP) is 3.64. The monoisotopic (exact) mass is 359 g/mol. The van der Waals surface area contributed by atoms with Crippen molar-refractivity contribution in [3.63, 3.8) is 0 Å². The van der Waals surface area contributed by atoms with Crippen LogP contribution in [-0.2, 0) is 0 Å². The van der Waals surface area contributed by atoms with Crippen molar-refractivity contribution in [3.05, 3.63) is 96.3 Å². The van der Waals surface area contributed by atoms with E-state index in [0.717, 1.165) is 16.9 Å². The van der Waals surface area contributed by atoms with Crippen molar-refractivity contribution in [1.82, 2.24) is 15.2 Å². The van der Waals surface area contributed by atoms with Crippen LogP contribution in [-0.4, -0.2) is 35.1 Å². The highest BCUT2D eigenvalue weighted by Crippen LogP contribution is 2.23. The van der Waals surface area contributed by atoms with Gasteiger partial charge in [-0.15, -0.1) is 0 Å². The van der Waals surface area contributed by atoms with Crippen molar-refractivity contribution in [1.29, 1.82) is 0 Å². The summed E-state index contributed by atoms with van der Waals surface area (Å²) in [7, 11) is 0. The quantitative estimate of drug-likeness (QED) is 0.757. The van der Waals surface area contributed by atoms with Crippen molar-refractivity contribution in [2.45, 2.75) is 12.1 Å². The number of aromatic nitrogens is 1. The van der Waals surface area contributed by atoms with Crippen molar-refractivity contribution < 1.29 is 9.53 Å². The van der Waals surface area contributed by atoms with Gasteiger partial charge in [-0.2, -0.15) is 0 Å². The van der Waals surface area contributed by atoms with Gasteiger partial charge in [0.25, 0.3) is 0 Å². The van der Waals surface area contributed by atoms with E-state index in [1.54, 1.807) is 17.3 Å². The van der Waals surface area contributed by atoms with Gasteiger partial charge < -0.3 is 15.0 Å². The molecule has 0 unspecified atom stereocenters. The molecule has 0 bridgehead atoms. The first-order chi connectivity index (χ1) is 13.3. The van der Waals surface area contributed by atoms with E-state index in [4.69, 9.17) is 4.74 Å². The summed E-state index contributed by atoms with van der Waals surface area (Å²) in [6.45, 7) is 1.15. The number of hydrogen-bond donors (Lipinski definition) is 1. The lowest BCUT2D eigenvalue weighted by Crippen LogP contribution is -2.59. The minimum atomic E-state index is -0.180. The van der Waals surface area contributed by atoms with Gasteiger partial charge in [-0.25, -0.2) is 4.79 Å². The zero-order valence-electron chi connectivity index (χ0n) is 14.9. The minimum absolute atomic E-state index is 0.0186. The summed E-state index contributed by atoms with van der Waals surface area (Å²) in [5.74, 6) is 0.779. The largest absolute Gasteiger partial charge is 0.487 e. The van der Waals surface area contributed by atoms with E-state index in [2.05, 4.69) is 10.3 Å². The standard InChI is InChI=1S/C22H21N3O2/c26-22(25-15-20(16-25)27-19-11-13-23-14-12-19)24-21(17-7-3-1-4-8-17)18-9-5-2-6-10-18/h1-14,20-21H,15-16H2,(H,24,26). The Kier molecular flexibility index (Phi) is 5.01. The third kappa shape index (κ3) is 4.08. The number of rotatable bonds is 5. The maximum atomic E-state index is 12.7. The van der Waals surface area contributed by atoms with E-state index in [1.165, 1.54) is 0 Å². The van der Waals surface area contributed by atoms with Crippen LogP contribution in [0.4, 0.5) is 4.79 Å². The molecular formula is C22H21N3O2. The van der Waals surface area contributed by atoms with E-state index in [-0.39, 0.29) is 18.2 Å². The summed E-state index contributed by atoms with van der Waals surface area (Å²) >= 11 is 0. The second-order valence-corrected chi connectivity index (χ2v) is 6.53. The summed E-state index contributed by atoms with van der Waals surface area (Å²) in [5, 5.41) is 3.16. The number of amides is 2. The molecule has 0 spiro atoms. The molecule has 136 valence electrons. The zero-order valence-corrected chi connectivity index (χ0v) is 14.9. The van der Waals surface area contributed by atoms with Crippen LogP contribution in [0.3, 0.4) is 0 Å². The van der Waals surface area contributed by atoms with Crippen LogP contribution in [0, 0.1) is 0 Å². The first kappa shape index (κ1) is 17.1. The van der Waals surface area contributed by atoms with Crippen molar-refractivity contribution in [2.75, 3.05) is 13.1 Å². The highest BCUT2D eigenvalue weighted by atomic mass is 16.5. The molecule has 1 aromatic heterocycles. The number of benzene rings is 2. The molecule has 1 fully saturated rings. The van der Waals surface area contributed by atoms with E-state index < -0.39 is 0 Å². The fourth-order valence-corrected chi connectivity index (χ4v) is 3.15. The molecule has 3 aromatic rings. The second-order valence-electron chi connectivity index (χ2n) is 6.53. The summed E-state index contributed by atoms with van der Waals surface area (Å²) in [6.07, 6.45) is 3.41. The molecule has 2 heterocycles. The average Bonchev–Trinajstić information content (AvgIpc) is 2.70. The van der Waals surface area contributed by atoms with E-state index in [1.807, 2.05) is 72.8 Å². The van der Waals surface area contributed by atoms with Crippen LogP contribution in [0.5, 0.6) is 5.75 Å². The number of carbonyl (C=O) groups excluding carboxylic acids is 1. The fourth-order valence-electron chi connectivity index (χ4n) is 3.15. The number of nitrogens with zero attached hydrogens (tertiary/aromatic N) is 2. The lowest BCUT2D eigenvalue weighted by Gasteiger charge is -2.39. The Bertz CT molecular complexity index is 826. The summed E-state index contributed by atoms with van der Waals surface area (Å²) in [5.41, 5.74) is 2.12. The average molecular weight is 359 g/mol. The Morgan fingerprint density at radius 2 is 1.48 bits per heavy atom. The summed E-state index contributed by atoms with van der Waals surface area (Å²) in [6, 6.07) is 23.4. The van der Waals surface area contributed by atoms with E-state index in [0.29, 0.717) is 13.1 Å². The van der Waals surface area contributed by atoms with Gasteiger partial charge in [-0.05, 0) is 23.3 Å². The van der Waals surface area contributed by atoms with Crippen LogP contribution in [0.25, 0.3) is 0 Å². The van der Waals surface area contributed by atoms with Crippen molar-refractivity contribution in [2.24, 2.45) is 0 Å². The number of likely N-dealkylation sites (tertiary alicyclic amines) is 1. The Labute approximate surface area is 158 Å². The highest BCUT2D eigenvalue weighted by Gasteiger charge is 2.33. The van der Waals surface area contributed by atoms with E-state index >= 15 is 0 Å². The van der Waals surface area contributed by atoms with Crippen LogP contribution in [0.15, 0.2) is 85.2 Å². The fraction of sp³-hybridized carbons (Fsp3) is 0.182. The number of hydrogen-bond acceptors (Lipinski definition) is 3. The molecule has 0 atom stereocenters. The molecular weight excluding hydrogens is 338 g/mol. The van der Waals surface area contributed by atoms with Gasteiger partial charge in [-0.3, -0.25) is 4.98 Å². The zero-order chi connectivity index (χ0) is 18.5. The molecule has 5 heteroatoms. The minimum Gasteiger partial charge on any atom is -0.487 e. The van der Waals surface area contributed by atoms with Gasteiger partial charge in [0.1, 0.15) is 11.9 Å². The molecule has 1 N–H and O–H groups in total. The SMILES string of the molecule is O=C(NC(c1ccccc1)c1ccccc1)N1CC(Oc2ccncc2)C1. The Morgan fingerprint density at radius 3 is 2.04 bits per heavy atom. The molecule has 2 aromatic carbocycles. The van der Waals surface area contributed by atoms with Crippen molar-refractivity contribution in [3.8, 4) is 5.75 Å². The Hall–Kier alpha value is -3.34. The number of pyridine rings is 1. The first-order valence-electron chi connectivity index (χ1n) is 9.01. The molecule has 1 aliphatic rings. The molecule has 4 rings (SSSR count). The maximum absolute atomic E-state index is 12.7. The van der Waals surface area contributed by atoms with Gasteiger partial charge in [0.2, 0.25) is 0 Å². The number of carbonyl (C=O) groups is 1. The third-order valence-electron chi connectivity index (χ3n) is 4.62. The van der Waals surface area contributed by atoms with Gasteiger partial charge in [0.15, 0.2) is 0 Å². The van der Waals surface area contributed by atoms with Crippen molar-refractivity contribution >= 4 is 6.03 Å². The van der Waals surface area contributed by atoms with Crippen LogP contribution >= 0.6 is 0 Å². The Morgan fingerprint density at radius 1 is 0.926 bits per heavy atom. The second kappa shape index (κ2) is 7.91. The highest BCUT2D eigenvalue weighted by molar-refractivity contribution is 5.76. The Balaban J connectivity index is 1.40. The molecule has 27 heavy (non-hydrogen) atoms. The van der Waals surface area contributed by atoms with Gasteiger partial charge in [0.05, 0.1) is 19.1 Å². The van der Waals surface area contributed by atoms with Gasteiger partial charge >= 0.3 is 6.03 Å². The molecule has 1 saturated heterocycles. The topological polar surface area (TPSA) is 54.5 Å². The smallest absolute Gasteiger partial charge is 0.318 e. The van der Waals surface area contributed by atoms with E-state index in [9.17, 15) is 4.79 Å². The molecule has 2 amide bonds. The predicted molar refractivity (Wildman–Crippen MR) is 103 cm³/mol. The van der Waals surface area contributed by atoms with Crippen LogP contribution < -0.4 is 10.1 Å².